The summed E-state index contributed by atoms with van der Waals surface area (Å²) in [6, 6.07) is 9.40. The summed E-state index contributed by atoms with van der Waals surface area (Å²) in [6.45, 7) is 38.8. The Bertz CT molecular complexity index is 1480. The van der Waals surface area contributed by atoms with Gasteiger partial charge >= 0.3 is 11.9 Å². The van der Waals surface area contributed by atoms with Gasteiger partial charge < -0.3 is 37.0 Å². The van der Waals surface area contributed by atoms with Crippen LogP contribution in [-0.4, -0.2) is 97.6 Å². The molecule has 1 fully saturated rings. The van der Waals surface area contributed by atoms with E-state index in [0.717, 1.165) is 72.8 Å². The van der Waals surface area contributed by atoms with E-state index in [1.807, 2.05) is 46.8 Å². The van der Waals surface area contributed by atoms with Gasteiger partial charge in [0.05, 0.1) is 30.3 Å². The van der Waals surface area contributed by atoms with Crippen molar-refractivity contribution >= 4 is 36.9 Å². The highest BCUT2D eigenvalue weighted by molar-refractivity contribution is 6.74. The van der Waals surface area contributed by atoms with Crippen molar-refractivity contribution in [3.05, 3.63) is 36.0 Å². The molecule has 2 rings (SSSR count). The third-order valence-corrected chi connectivity index (χ3v) is 29.6. The predicted molar refractivity (Wildman–Crippen MR) is 275 cm³/mol. The SMILES string of the molecule is CCO[C@H](C)O[C@]1(C)CC[C@@H](O[Si](CC)(CC)CC)CC(=O)O[C@H](/C(C)=C/C=C/[C@@](C)(C[C@H]2O[C@@H]2[C@H](C)[C@H](CC)O[Si](CC)(CC)CC)O[Si](CC)(CC)CC)[C@@H](C)/C=C/[C@@H]1OC(C)=O. The minimum Gasteiger partial charge on any atom is -0.457 e. The standard InChI is InChI=1S/C52H98O10Si3/c1-19-45(61-64(24-6,25-7)26-8)41(14)50-46(57-50)38-51(17,62-65(27-9,28-10)29-11)35-30-31-39(12)49-40(13)32-33-47(56-42(15)53)52(18,59-43(16)55-20-2)36-34-44(37-48(54)58-49)60-63(21-3,22-4)23-5/h30-33,35,40-41,43-47,49-50H,19-29,34,36-38H2,1-18H3/b33-32+,35-30+,39-31+/t40-,41+,43-,44+,45-,46+,47-,49+,50+,51-,52+/m0/s1. The first-order chi connectivity index (χ1) is 30.6. The van der Waals surface area contributed by atoms with E-state index in [1.54, 1.807) is 0 Å². The lowest BCUT2D eigenvalue weighted by molar-refractivity contribution is -0.227. The van der Waals surface area contributed by atoms with E-state index in [0.29, 0.717) is 25.4 Å². The zero-order valence-corrected chi connectivity index (χ0v) is 47.8. The fourth-order valence-electron chi connectivity index (χ4n) is 10.2. The van der Waals surface area contributed by atoms with Crippen LogP contribution < -0.4 is 0 Å². The highest BCUT2D eigenvalue weighted by Gasteiger charge is 2.51. The number of allylic oxidation sites excluding steroid dienone is 2. The van der Waals surface area contributed by atoms with Crippen molar-refractivity contribution in [1.82, 2.24) is 0 Å². The summed E-state index contributed by atoms with van der Waals surface area (Å²) in [5.74, 6) is -0.667. The summed E-state index contributed by atoms with van der Waals surface area (Å²) in [5.41, 5.74) is -0.625. The Morgan fingerprint density at radius 2 is 1.45 bits per heavy atom. The summed E-state index contributed by atoms with van der Waals surface area (Å²) in [6.07, 6.45) is 11.3. The lowest BCUT2D eigenvalue weighted by atomic mass is 9.88. The Balaban J connectivity index is 2.62. The van der Waals surface area contributed by atoms with Crippen molar-refractivity contribution in [1.29, 1.82) is 0 Å². The smallest absolute Gasteiger partial charge is 0.308 e. The molecule has 65 heavy (non-hydrogen) atoms. The fraction of sp³-hybridized carbons (Fsp3) is 0.846. The van der Waals surface area contributed by atoms with Gasteiger partial charge in [0.15, 0.2) is 31.2 Å². The van der Waals surface area contributed by atoms with E-state index in [9.17, 15) is 9.59 Å². The molecule has 0 aromatic carbocycles. The van der Waals surface area contributed by atoms with E-state index in [2.05, 4.69) is 101 Å². The van der Waals surface area contributed by atoms with Crippen molar-refractivity contribution in [3.63, 3.8) is 0 Å². The Kier molecular flexibility index (Phi) is 25.4. The van der Waals surface area contributed by atoms with Crippen LogP contribution in [0.3, 0.4) is 0 Å². The molecule has 0 spiro atoms. The van der Waals surface area contributed by atoms with Crippen LogP contribution in [0, 0.1) is 11.8 Å². The Hall–Kier alpha value is -1.43. The topological polar surface area (TPSA) is 111 Å². The van der Waals surface area contributed by atoms with Gasteiger partial charge in [-0.25, -0.2) is 0 Å². The summed E-state index contributed by atoms with van der Waals surface area (Å²) in [4.78, 5) is 26.8. The molecule has 11 atom stereocenters. The largest absolute Gasteiger partial charge is 0.457 e. The third kappa shape index (κ3) is 17.5. The second-order valence-electron chi connectivity index (χ2n) is 19.8. The lowest BCUT2D eigenvalue weighted by Crippen LogP contribution is -2.48. The van der Waals surface area contributed by atoms with E-state index in [-0.39, 0.29) is 42.7 Å². The van der Waals surface area contributed by atoms with E-state index in [4.69, 9.17) is 37.0 Å². The minimum atomic E-state index is -2.13. The summed E-state index contributed by atoms with van der Waals surface area (Å²) >= 11 is 0. The molecule has 378 valence electrons. The van der Waals surface area contributed by atoms with Crippen LogP contribution >= 0.6 is 0 Å². The molecular weight excluding hydrogens is 869 g/mol. The first-order valence-corrected chi connectivity index (χ1v) is 33.6. The van der Waals surface area contributed by atoms with Gasteiger partial charge in [0.1, 0.15) is 17.8 Å². The zero-order valence-electron chi connectivity index (χ0n) is 44.8. The molecule has 0 radical (unpaired) electrons. The first kappa shape index (κ1) is 59.7. The van der Waals surface area contributed by atoms with Crippen LogP contribution in [0.2, 0.25) is 54.4 Å². The van der Waals surface area contributed by atoms with E-state index in [1.165, 1.54) is 6.92 Å². The Morgan fingerprint density at radius 3 is 1.95 bits per heavy atom. The van der Waals surface area contributed by atoms with Crippen LogP contribution in [0.25, 0.3) is 0 Å². The Morgan fingerprint density at radius 1 is 0.877 bits per heavy atom. The summed E-state index contributed by atoms with van der Waals surface area (Å²) in [5, 5.41) is 0. The van der Waals surface area contributed by atoms with Gasteiger partial charge in [-0.15, -0.1) is 0 Å². The molecule has 2 aliphatic heterocycles. The number of carbonyl (C=O) groups is 2. The van der Waals surface area contributed by atoms with Gasteiger partial charge in [0.25, 0.3) is 0 Å². The van der Waals surface area contributed by atoms with Crippen LogP contribution in [-0.2, 0) is 46.6 Å². The Labute approximate surface area is 401 Å². The molecule has 0 unspecified atom stereocenters. The fourth-order valence-corrected chi connectivity index (χ4v) is 19.2. The third-order valence-electron chi connectivity index (χ3n) is 15.5. The number of ether oxygens (including phenoxy) is 5. The molecule has 10 nitrogen and oxygen atoms in total. The van der Waals surface area contributed by atoms with Crippen molar-refractivity contribution in [2.45, 2.75) is 265 Å². The van der Waals surface area contributed by atoms with Gasteiger partial charge in [-0.3, -0.25) is 9.59 Å². The van der Waals surface area contributed by atoms with Crippen LogP contribution in [0.5, 0.6) is 0 Å². The molecule has 0 aromatic heterocycles. The van der Waals surface area contributed by atoms with Crippen molar-refractivity contribution in [2.75, 3.05) is 6.61 Å². The number of hydrogen-bond acceptors (Lipinski definition) is 10. The molecule has 0 bridgehead atoms. The number of rotatable bonds is 28. The highest BCUT2D eigenvalue weighted by Crippen LogP contribution is 2.43. The van der Waals surface area contributed by atoms with Crippen LogP contribution in [0.15, 0.2) is 36.0 Å². The molecule has 0 amide bonds. The highest BCUT2D eigenvalue weighted by atomic mass is 28.4. The van der Waals surface area contributed by atoms with Gasteiger partial charge in [-0.05, 0) is 120 Å². The quantitative estimate of drug-likeness (QED) is 0.0188. The number of cyclic esters (lactones) is 1. The molecule has 2 aliphatic rings. The number of esters is 2. The maximum atomic E-state index is 14.1. The van der Waals surface area contributed by atoms with E-state index >= 15 is 0 Å². The molecule has 2 heterocycles. The monoisotopic (exact) mass is 967 g/mol. The molecule has 1 saturated heterocycles. The normalized spacial score (nSPS) is 28.1. The summed E-state index contributed by atoms with van der Waals surface area (Å²) < 4.78 is 53.0. The molecular formula is C52H98O10Si3. The van der Waals surface area contributed by atoms with E-state index < -0.39 is 60.6 Å². The second-order valence-corrected chi connectivity index (χ2v) is 33.9. The van der Waals surface area contributed by atoms with Crippen molar-refractivity contribution < 1.29 is 46.6 Å². The van der Waals surface area contributed by atoms with Gasteiger partial charge in [-0.2, -0.15) is 0 Å². The number of carbonyl (C=O) groups excluding carboxylic acids is 2. The first-order valence-electron chi connectivity index (χ1n) is 26.1. The average molecular weight is 968 g/mol. The average Bonchev–Trinajstić information content (AvgIpc) is 4.05. The number of epoxide rings is 1. The molecule has 0 aliphatic carbocycles. The number of hydrogen-bond donors (Lipinski definition) is 0. The van der Waals surface area contributed by atoms with Gasteiger partial charge in [-0.1, -0.05) is 107 Å². The molecule has 0 N–H and O–H groups in total. The van der Waals surface area contributed by atoms with Crippen LogP contribution in [0.4, 0.5) is 0 Å². The second kappa shape index (κ2) is 27.7. The van der Waals surface area contributed by atoms with Crippen molar-refractivity contribution in [2.24, 2.45) is 11.8 Å². The molecule has 0 aromatic rings. The van der Waals surface area contributed by atoms with Gasteiger partial charge in [0, 0.05) is 37.9 Å². The van der Waals surface area contributed by atoms with Gasteiger partial charge in [0.2, 0.25) is 0 Å². The predicted octanol–water partition coefficient (Wildman–Crippen LogP) is 13.6. The maximum Gasteiger partial charge on any atom is 0.308 e. The zero-order chi connectivity index (χ0) is 49.2. The molecule has 0 saturated carbocycles. The maximum absolute atomic E-state index is 14.1. The van der Waals surface area contributed by atoms with Crippen LogP contribution in [0.1, 0.15) is 157 Å². The minimum absolute atomic E-state index is 0.0828. The van der Waals surface area contributed by atoms with Crippen molar-refractivity contribution in [3.8, 4) is 0 Å². The summed E-state index contributed by atoms with van der Waals surface area (Å²) in [7, 11) is -5.95. The lowest BCUT2D eigenvalue weighted by Gasteiger charge is -2.40. The molecule has 13 heteroatoms.